The van der Waals surface area contributed by atoms with Gasteiger partial charge in [-0.15, -0.1) is 6.42 Å². The second-order valence-electron chi connectivity index (χ2n) is 4.44. The summed E-state index contributed by atoms with van der Waals surface area (Å²) in [6.45, 7) is 7.31. The highest BCUT2D eigenvalue weighted by molar-refractivity contribution is 14.1. The number of halogens is 3. The van der Waals surface area contributed by atoms with Crippen LogP contribution >= 0.6 is 34.2 Å². The largest absolute Gasteiger partial charge is 1.00 e. The zero-order chi connectivity index (χ0) is 13.6. The third kappa shape index (κ3) is 4.82. The minimum absolute atomic E-state index is 0. The van der Waals surface area contributed by atoms with E-state index in [9.17, 15) is 0 Å². The molecule has 0 radical (unpaired) electrons. The Morgan fingerprint density at radius 3 is 2.37 bits per heavy atom. The van der Waals surface area contributed by atoms with Gasteiger partial charge in [-0.3, -0.25) is 0 Å². The number of nitrogens with zero attached hydrogens (tertiary/aromatic N) is 1. The molecule has 0 bridgehead atoms. The topological polar surface area (TPSA) is 0 Å². The molecule has 0 aromatic heterocycles. The maximum Gasteiger partial charge on any atom is 0.144 e. The summed E-state index contributed by atoms with van der Waals surface area (Å²) < 4.78 is 1.40. The number of hydrogen-bond donors (Lipinski definition) is 0. The van der Waals surface area contributed by atoms with Gasteiger partial charge in [0, 0.05) is 11.4 Å². The number of hydrogen-bond acceptors (Lipinski definition) is 0. The molecule has 1 rings (SSSR count). The highest BCUT2D eigenvalue weighted by Gasteiger charge is 2.31. The minimum atomic E-state index is 0. The van der Waals surface area contributed by atoms with Crippen LogP contribution in [0.3, 0.4) is 0 Å². The van der Waals surface area contributed by atoms with Gasteiger partial charge in [0.05, 0.1) is 13.1 Å². The minimum Gasteiger partial charge on any atom is -1.00 e. The predicted molar refractivity (Wildman–Crippen MR) is 88.0 cm³/mol. The lowest BCUT2D eigenvalue weighted by Gasteiger charge is -2.39. The molecule has 1 atom stereocenters. The van der Waals surface area contributed by atoms with Crippen molar-refractivity contribution in [2.45, 2.75) is 24.3 Å². The summed E-state index contributed by atoms with van der Waals surface area (Å²) in [5.41, 5.74) is 1.21. The normalized spacial score (nSPS) is 12.4. The Kier molecular flexibility index (Phi) is 9.10. The highest BCUT2D eigenvalue weighted by Crippen LogP contribution is 2.26. The van der Waals surface area contributed by atoms with Gasteiger partial charge in [-0.25, -0.2) is 0 Å². The fraction of sp³-hybridized carbons (Fsp3) is 0.467. The molecule has 0 saturated carbocycles. The molecule has 1 nitrogen and oxygen atoms in total. The Morgan fingerprint density at radius 1 is 1.32 bits per heavy atom. The van der Waals surface area contributed by atoms with Gasteiger partial charge in [0.2, 0.25) is 0 Å². The second kappa shape index (κ2) is 9.07. The number of benzene rings is 1. The Bertz CT molecular complexity index is 424. The first-order valence-corrected chi connectivity index (χ1v) is 7.88. The Labute approximate surface area is 141 Å². The van der Waals surface area contributed by atoms with Crippen LogP contribution in [0.5, 0.6) is 0 Å². The van der Waals surface area contributed by atoms with Crippen LogP contribution in [-0.2, 0) is 6.42 Å². The molecule has 106 valence electrons. The zero-order valence-electron chi connectivity index (χ0n) is 11.4. The summed E-state index contributed by atoms with van der Waals surface area (Å²) in [4.78, 5) is 0. The lowest BCUT2D eigenvalue weighted by atomic mass is 10.1. The maximum atomic E-state index is 6.23. The van der Waals surface area contributed by atoms with Crippen LogP contribution < -0.4 is 12.4 Å². The van der Waals surface area contributed by atoms with Crippen molar-refractivity contribution >= 4 is 34.2 Å². The summed E-state index contributed by atoms with van der Waals surface area (Å²) in [5, 5.41) is 0.852. The van der Waals surface area contributed by atoms with Gasteiger partial charge in [-0.1, -0.05) is 29.8 Å². The molecule has 0 aliphatic rings. The first-order valence-electron chi connectivity index (χ1n) is 6.26. The van der Waals surface area contributed by atoms with Crippen LogP contribution in [-0.4, -0.2) is 28.2 Å². The number of rotatable bonds is 6. The first-order chi connectivity index (χ1) is 8.59. The van der Waals surface area contributed by atoms with E-state index in [4.69, 9.17) is 18.0 Å². The molecule has 0 spiro atoms. The van der Waals surface area contributed by atoms with Crippen LogP contribution in [0.25, 0.3) is 0 Å². The van der Waals surface area contributed by atoms with Crippen molar-refractivity contribution in [2.24, 2.45) is 0 Å². The van der Waals surface area contributed by atoms with E-state index >= 15 is 0 Å². The quantitative estimate of drug-likeness (QED) is 0.216. The van der Waals surface area contributed by atoms with E-state index in [-0.39, 0.29) is 12.4 Å². The molecule has 0 N–H and O–H groups in total. The van der Waals surface area contributed by atoms with Crippen molar-refractivity contribution in [3.05, 3.63) is 34.9 Å². The Morgan fingerprint density at radius 2 is 1.89 bits per heavy atom. The molecule has 0 amide bonds. The molecule has 0 aliphatic heterocycles. The van der Waals surface area contributed by atoms with Gasteiger partial charge in [-0.05, 0) is 54.0 Å². The van der Waals surface area contributed by atoms with Gasteiger partial charge in [0.15, 0.2) is 0 Å². The van der Waals surface area contributed by atoms with Crippen molar-refractivity contribution in [1.82, 2.24) is 0 Å². The monoisotopic (exact) mass is 411 g/mol. The Balaban J connectivity index is 0.00000324. The highest BCUT2D eigenvalue weighted by atomic mass is 127. The van der Waals surface area contributed by atoms with Gasteiger partial charge < -0.3 is 16.9 Å². The third-order valence-electron chi connectivity index (χ3n) is 3.61. The van der Waals surface area contributed by atoms with E-state index in [0.29, 0.717) is 4.05 Å². The van der Waals surface area contributed by atoms with Crippen molar-refractivity contribution in [2.75, 3.05) is 19.6 Å². The summed E-state index contributed by atoms with van der Waals surface area (Å²) in [5.74, 6) is 2.83. The summed E-state index contributed by atoms with van der Waals surface area (Å²) in [6, 6.07) is 8.06. The van der Waals surface area contributed by atoms with E-state index in [1.54, 1.807) is 0 Å². The van der Waals surface area contributed by atoms with Crippen molar-refractivity contribution < 1.29 is 16.9 Å². The molecule has 19 heavy (non-hydrogen) atoms. The number of alkyl halides is 1. The molecule has 1 aromatic rings. The smallest absolute Gasteiger partial charge is 0.144 e. The van der Waals surface area contributed by atoms with Crippen molar-refractivity contribution in [3.8, 4) is 12.3 Å². The molecule has 1 unspecified atom stereocenters. The van der Waals surface area contributed by atoms with Crippen LogP contribution in [0.2, 0.25) is 5.02 Å². The van der Waals surface area contributed by atoms with Crippen LogP contribution in [0.4, 0.5) is 0 Å². The summed E-state index contributed by atoms with van der Waals surface area (Å²) >= 11 is 8.75. The predicted octanol–water partition coefficient (Wildman–Crippen LogP) is 1.14. The fourth-order valence-corrected chi connectivity index (χ4v) is 3.84. The van der Waals surface area contributed by atoms with Crippen LogP contribution in [0.1, 0.15) is 19.4 Å². The first kappa shape index (κ1) is 19.1. The van der Waals surface area contributed by atoms with Crippen LogP contribution in [0.15, 0.2) is 24.3 Å². The maximum absolute atomic E-state index is 6.23. The van der Waals surface area contributed by atoms with Gasteiger partial charge in [-0.2, -0.15) is 0 Å². The van der Waals surface area contributed by atoms with Gasteiger partial charge in [0.25, 0.3) is 0 Å². The molecular weight excluding hydrogens is 392 g/mol. The Hall–Kier alpha value is 0.0500. The molecule has 0 saturated heterocycles. The number of quaternary nitrogens is 1. The van der Waals surface area contributed by atoms with Crippen LogP contribution in [0, 0.1) is 12.3 Å². The van der Waals surface area contributed by atoms with Gasteiger partial charge in [0.1, 0.15) is 10.6 Å². The lowest BCUT2D eigenvalue weighted by molar-refractivity contribution is -0.923. The summed E-state index contributed by atoms with van der Waals surface area (Å²) in [6.07, 6.45) is 6.49. The molecule has 0 aliphatic carbocycles. The molecule has 1 aromatic carbocycles. The molecule has 0 heterocycles. The van der Waals surface area contributed by atoms with E-state index in [2.05, 4.69) is 48.4 Å². The van der Waals surface area contributed by atoms with E-state index < -0.39 is 0 Å². The lowest BCUT2D eigenvalue weighted by Crippen LogP contribution is -3.00. The fourth-order valence-electron chi connectivity index (χ4n) is 2.16. The van der Waals surface area contributed by atoms with Crippen molar-refractivity contribution in [1.29, 1.82) is 0 Å². The zero-order valence-corrected chi connectivity index (χ0v) is 15.0. The standard InChI is InChI=1S/C15H20ClIN.ClH/c1-4-11-18(5-2,6-3)15(17)12-13-9-7-8-10-14(13)16;/h1,7-10,15H,5-6,11-12H2,2-3H3;1H/q+1;/p-1. The van der Waals surface area contributed by atoms with E-state index in [0.717, 1.165) is 35.6 Å². The summed E-state index contributed by atoms with van der Waals surface area (Å²) in [7, 11) is 0. The van der Waals surface area contributed by atoms with Gasteiger partial charge >= 0.3 is 0 Å². The molecule has 4 heteroatoms. The van der Waals surface area contributed by atoms with E-state index in [1.165, 1.54) is 5.56 Å². The average Bonchev–Trinajstić information content (AvgIpc) is 2.38. The second-order valence-corrected chi connectivity index (χ2v) is 6.29. The average molecular weight is 412 g/mol. The molecular formula is C15H20Cl2IN. The number of terminal acetylenes is 1. The van der Waals surface area contributed by atoms with Crippen molar-refractivity contribution in [3.63, 3.8) is 0 Å². The van der Waals surface area contributed by atoms with E-state index in [1.807, 2.05) is 18.2 Å². The SMILES string of the molecule is C#CC[N+](CC)(CC)C(I)Cc1ccccc1Cl.[Cl-]. The third-order valence-corrected chi connectivity index (χ3v) is 5.60. The molecule has 0 fully saturated rings. The number of likely N-dealkylation sites (N-methyl/N-ethyl adjacent to an activating group) is 1.